The Balaban J connectivity index is 1.78. The van der Waals surface area contributed by atoms with E-state index in [0.29, 0.717) is 0 Å². The van der Waals surface area contributed by atoms with Crippen LogP contribution in [0.2, 0.25) is 0 Å². The van der Waals surface area contributed by atoms with Gasteiger partial charge in [0.05, 0.1) is 17.5 Å². The zero-order valence-electron chi connectivity index (χ0n) is 17.2. The summed E-state index contributed by atoms with van der Waals surface area (Å²) in [6.45, 7) is 1.90. The van der Waals surface area contributed by atoms with E-state index in [-0.39, 0.29) is 6.04 Å². The van der Waals surface area contributed by atoms with Crippen LogP contribution in [0.3, 0.4) is 0 Å². The minimum atomic E-state index is -0.175. The molecule has 146 valence electrons. The first kappa shape index (κ1) is 19.4. The number of aromatic nitrogens is 1. The maximum Gasteiger partial charge on any atom is 0.113 e. The molecule has 0 aliphatic heterocycles. The van der Waals surface area contributed by atoms with Gasteiger partial charge < -0.3 is 4.90 Å². The molecular formula is C27H23N3. The molecule has 0 radical (unpaired) electrons. The fourth-order valence-corrected chi connectivity index (χ4v) is 3.41. The van der Waals surface area contributed by atoms with Crippen molar-refractivity contribution in [2.45, 2.75) is 13.0 Å². The first-order chi connectivity index (χ1) is 14.7. The molecular weight excluding hydrogens is 366 g/mol. The Labute approximate surface area is 177 Å². The van der Waals surface area contributed by atoms with Gasteiger partial charge in [0.25, 0.3) is 0 Å². The van der Waals surface area contributed by atoms with Gasteiger partial charge in [0.2, 0.25) is 0 Å². The van der Waals surface area contributed by atoms with E-state index >= 15 is 0 Å². The highest BCUT2D eigenvalue weighted by Gasteiger charge is 2.11. The molecule has 1 atom stereocenters. The zero-order chi connectivity index (χ0) is 20.9. The predicted molar refractivity (Wildman–Crippen MR) is 124 cm³/mol. The normalized spacial score (nSPS) is 11.5. The Morgan fingerprint density at radius 2 is 1.20 bits per heavy atom. The van der Waals surface area contributed by atoms with E-state index in [0.717, 1.165) is 39.3 Å². The van der Waals surface area contributed by atoms with Crippen LogP contribution >= 0.6 is 0 Å². The monoisotopic (exact) mass is 389 g/mol. The number of rotatable bonds is 5. The summed E-state index contributed by atoms with van der Waals surface area (Å²) in [6, 6.07) is 35.2. The molecule has 0 fully saturated rings. The Bertz CT molecular complexity index is 1100. The lowest BCUT2D eigenvalue weighted by Crippen LogP contribution is -2.26. The molecule has 4 aromatic rings. The molecule has 0 aliphatic carbocycles. The first-order valence-electron chi connectivity index (χ1n) is 10.0. The highest BCUT2D eigenvalue weighted by molar-refractivity contribution is 5.77. The summed E-state index contributed by atoms with van der Waals surface area (Å²) in [5.41, 5.74) is 7.34. The quantitative estimate of drug-likeness (QED) is 0.395. The van der Waals surface area contributed by atoms with Crippen LogP contribution in [0.1, 0.15) is 6.92 Å². The molecule has 1 heterocycles. The van der Waals surface area contributed by atoms with Crippen molar-refractivity contribution in [2.75, 3.05) is 11.9 Å². The molecule has 0 spiro atoms. The highest BCUT2D eigenvalue weighted by atomic mass is 15.1. The number of nitrogens with zero attached hydrogens (tertiary/aromatic N) is 3. The summed E-state index contributed by atoms with van der Waals surface area (Å²) in [4.78, 5) is 6.91. The summed E-state index contributed by atoms with van der Waals surface area (Å²) in [5.74, 6) is 0. The SMILES string of the molecule is CC(C#N)N(C)c1ccc(-c2cc(-c3ccccc3)nc(-c3ccccc3)c2)cc1. The molecule has 0 bridgehead atoms. The second-order valence-electron chi connectivity index (χ2n) is 7.32. The Morgan fingerprint density at radius 1 is 0.700 bits per heavy atom. The standard InChI is InChI=1S/C27H23N3/c1-20(19-28)30(2)25-15-13-21(14-16-25)24-17-26(22-9-5-3-6-10-22)29-27(18-24)23-11-7-4-8-12-23/h3-18,20H,1-2H3. The second-order valence-corrected chi connectivity index (χ2v) is 7.32. The third-order valence-corrected chi connectivity index (χ3v) is 5.34. The van der Waals surface area contributed by atoms with E-state index in [1.165, 1.54) is 0 Å². The third-order valence-electron chi connectivity index (χ3n) is 5.34. The zero-order valence-corrected chi connectivity index (χ0v) is 17.2. The number of hydrogen-bond donors (Lipinski definition) is 0. The smallest absolute Gasteiger partial charge is 0.113 e. The van der Waals surface area contributed by atoms with Gasteiger partial charge in [-0.1, -0.05) is 72.8 Å². The average molecular weight is 390 g/mol. The van der Waals surface area contributed by atoms with E-state index in [9.17, 15) is 5.26 Å². The molecule has 0 amide bonds. The van der Waals surface area contributed by atoms with E-state index in [4.69, 9.17) is 4.98 Å². The van der Waals surface area contributed by atoms with Gasteiger partial charge in [-0.3, -0.25) is 0 Å². The molecule has 3 heteroatoms. The third kappa shape index (κ3) is 4.09. The maximum absolute atomic E-state index is 9.18. The summed E-state index contributed by atoms with van der Waals surface area (Å²) < 4.78 is 0. The van der Waals surface area contributed by atoms with E-state index in [2.05, 4.69) is 66.7 Å². The van der Waals surface area contributed by atoms with Crippen molar-refractivity contribution in [2.24, 2.45) is 0 Å². The van der Waals surface area contributed by atoms with Gasteiger partial charge in [0.1, 0.15) is 6.04 Å². The van der Waals surface area contributed by atoms with Gasteiger partial charge in [-0.2, -0.15) is 5.26 Å². The molecule has 0 aliphatic rings. The van der Waals surface area contributed by atoms with Crippen LogP contribution in [-0.4, -0.2) is 18.1 Å². The van der Waals surface area contributed by atoms with Crippen LogP contribution in [0, 0.1) is 11.3 Å². The number of anilines is 1. The van der Waals surface area contributed by atoms with E-state index in [1.807, 2.05) is 55.3 Å². The molecule has 1 aromatic heterocycles. The number of nitriles is 1. The number of pyridine rings is 1. The van der Waals surface area contributed by atoms with Crippen LogP contribution in [0.4, 0.5) is 5.69 Å². The molecule has 0 N–H and O–H groups in total. The predicted octanol–water partition coefficient (Wildman–Crippen LogP) is 6.43. The van der Waals surface area contributed by atoms with Gasteiger partial charge in [0.15, 0.2) is 0 Å². The molecule has 30 heavy (non-hydrogen) atoms. The highest BCUT2D eigenvalue weighted by Crippen LogP contribution is 2.31. The molecule has 3 aromatic carbocycles. The molecule has 4 rings (SSSR count). The van der Waals surface area contributed by atoms with Crippen LogP contribution in [0.15, 0.2) is 97.1 Å². The van der Waals surface area contributed by atoms with Crippen LogP contribution in [0.25, 0.3) is 33.6 Å². The van der Waals surface area contributed by atoms with Gasteiger partial charge in [-0.15, -0.1) is 0 Å². The van der Waals surface area contributed by atoms with Gasteiger partial charge in [-0.05, 0) is 42.3 Å². The van der Waals surface area contributed by atoms with Gasteiger partial charge in [-0.25, -0.2) is 4.98 Å². The first-order valence-corrected chi connectivity index (χ1v) is 10.0. The van der Waals surface area contributed by atoms with Crippen molar-refractivity contribution in [1.82, 2.24) is 4.98 Å². The van der Waals surface area contributed by atoms with Crippen LogP contribution in [0.5, 0.6) is 0 Å². The lowest BCUT2D eigenvalue weighted by molar-refractivity contribution is 0.835. The fourth-order valence-electron chi connectivity index (χ4n) is 3.41. The van der Waals surface area contributed by atoms with E-state index < -0.39 is 0 Å². The number of hydrogen-bond acceptors (Lipinski definition) is 3. The second kappa shape index (κ2) is 8.63. The molecule has 1 unspecified atom stereocenters. The maximum atomic E-state index is 9.18. The van der Waals surface area contributed by atoms with Crippen molar-refractivity contribution in [1.29, 1.82) is 5.26 Å². The molecule has 0 saturated carbocycles. The molecule has 3 nitrogen and oxygen atoms in total. The van der Waals surface area contributed by atoms with E-state index in [1.54, 1.807) is 0 Å². The van der Waals surface area contributed by atoms with Crippen molar-refractivity contribution < 1.29 is 0 Å². The lowest BCUT2D eigenvalue weighted by Gasteiger charge is -2.21. The minimum absolute atomic E-state index is 0.175. The summed E-state index contributed by atoms with van der Waals surface area (Å²) in [6.07, 6.45) is 0. The minimum Gasteiger partial charge on any atom is -0.359 e. The Morgan fingerprint density at radius 3 is 1.67 bits per heavy atom. The van der Waals surface area contributed by atoms with Crippen molar-refractivity contribution in [3.8, 4) is 39.7 Å². The Hall–Kier alpha value is -3.90. The summed E-state index contributed by atoms with van der Waals surface area (Å²) >= 11 is 0. The van der Waals surface area contributed by atoms with Crippen molar-refractivity contribution in [3.05, 3.63) is 97.1 Å². The number of benzene rings is 3. The van der Waals surface area contributed by atoms with Crippen LogP contribution < -0.4 is 4.90 Å². The van der Waals surface area contributed by atoms with Crippen LogP contribution in [-0.2, 0) is 0 Å². The lowest BCUT2D eigenvalue weighted by atomic mass is 9.99. The topological polar surface area (TPSA) is 39.9 Å². The average Bonchev–Trinajstić information content (AvgIpc) is 2.84. The largest absolute Gasteiger partial charge is 0.359 e. The fraction of sp³-hybridized carbons (Fsp3) is 0.111. The van der Waals surface area contributed by atoms with Gasteiger partial charge >= 0.3 is 0 Å². The summed E-state index contributed by atoms with van der Waals surface area (Å²) in [7, 11) is 1.94. The Kier molecular flexibility index (Phi) is 5.59. The summed E-state index contributed by atoms with van der Waals surface area (Å²) in [5, 5.41) is 9.18. The molecule has 0 saturated heterocycles. The van der Waals surface area contributed by atoms with Crippen molar-refractivity contribution >= 4 is 5.69 Å². The van der Waals surface area contributed by atoms with Crippen molar-refractivity contribution in [3.63, 3.8) is 0 Å². The van der Waals surface area contributed by atoms with Gasteiger partial charge in [0, 0.05) is 23.9 Å².